The molecule has 2 bridgehead atoms. The lowest BCUT2D eigenvalue weighted by Crippen LogP contribution is -2.48. The van der Waals surface area contributed by atoms with Gasteiger partial charge in [0, 0.05) is 31.5 Å². The molecule has 2 N–H and O–H groups in total. The number of amides is 1. The third-order valence-electron chi connectivity index (χ3n) is 5.16. The second kappa shape index (κ2) is 6.17. The zero-order valence-electron chi connectivity index (χ0n) is 12.2. The second-order valence-corrected chi connectivity index (χ2v) is 6.77. The summed E-state index contributed by atoms with van der Waals surface area (Å²) in [4.78, 5) is 13.4. The summed E-state index contributed by atoms with van der Waals surface area (Å²) >= 11 is 0. The zero-order chi connectivity index (χ0) is 15.3. The van der Waals surface area contributed by atoms with Crippen molar-refractivity contribution in [2.75, 3.05) is 13.1 Å². The van der Waals surface area contributed by atoms with Gasteiger partial charge in [-0.1, -0.05) is 0 Å². The van der Waals surface area contributed by atoms with Gasteiger partial charge in [0.25, 0.3) is 0 Å². The van der Waals surface area contributed by atoms with E-state index in [-0.39, 0.29) is 30.8 Å². The number of hydrogen-bond donors (Lipinski definition) is 2. The molecule has 3 fully saturated rings. The maximum Gasteiger partial charge on any atom is 0.419 e. The average Bonchev–Trinajstić information content (AvgIpc) is 2.93. The summed E-state index contributed by atoms with van der Waals surface area (Å²) in [5.74, 6) is 0.0114. The van der Waals surface area contributed by atoms with Gasteiger partial charge in [-0.05, 0) is 31.6 Å². The molecule has 8 heteroatoms. The predicted molar refractivity (Wildman–Crippen MR) is 76.7 cm³/mol. The molecule has 0 radical (unpaired) electrons. The minimum Gasteiger partial charge on any atom is -0.379 e. The topological polar surface area (TPSA) is 52.6 Å². The van der Waals surface area contributed by atoms with Gasteiger partial charge in [-0.3, -0.25) is 4.79 Å². The largest absolute Gasteiger partial charge is 0.419 e. The van der Waals surface area contributed by atoms with Gasteiger partial charge in [0.05, 0.1) is 6.54 Å². The summed E-state index contributed by atoms with van der Waals surface area (Å²) < 4.78 is 38.3. The smallest absolute Gasteiger partial charge is 0.379 e. The number of carbonyl (C=O) groups excluding carboxylic acids is 1. The molecule has 0 spiro atoms. The van der Waals surface area contributed by atoms with E-state index in [1.165, 1.54) is 4.90 Å². The Morgan fingerprint density at radius 3 is 2.36 bits per heavy atom. The summed E-state index contributed by atoms with van der Waals surface area (Å²) in [5.41, 5.74) is -2.73. The van der Waals surface area contributed by atoms with Crippen LogP contribution in [-0.4, -0.2) is 52.9 Å². The van der Waals surface area contributed by atoms with E-state index in [0.29, 0.717) is 18.5 Å². The number of likely N-dealkylation sites (tertiary alicyclic amines) is 1. The van der Waals surface area contributed by atoms with Crippen molar-refractivity contribution in [3.8, 4) is 0 Å². The third kappa shape index (κ3) is 3.36. The first kappa shape index (κ1) is 17.8. The zero-order valence-corrected chi connectivity index (χ0v) is 13.1. The molecule has 22 heavy (non-hydrogen) atoms. The fraction of sp³-hybridized carbons (Fsp3) is 0.929. The van der Waals surface area contributed by atoms with Crippen LogP contribution < -0.4 is 5.32 Å². The van der Waals surface area contributed by atoms with Crippen LogP contribution in [0.5, 0.6) is 0 Å². The highest BCUT2D eigenvalue weighted by Gasteiger charge is 2.57. The Bertz CT molecular complexity index is 423. The summed E-state index contributed by atoms with van der Waals surface area (Å²) in [6.07, 6.45) is -0.656. The molecule has 3 saturated heterocycles. The molecule has 0 aromatic heterocycles. The number of nitrogens with zero attached hydrogens (tertiary/aromatic N) is 1. The lowest BCUT2D eigenvalue weighted by Gasteiger charge is -2.30. The molecule has 0 saturated carbocycles. The number of halogens is 4. The quantitative estimate of drug-likeness (QED) is 0.805. The molecule has 3 unspecified atom stereocenters. The minimum atomic E-state index is -4.67. The van der Waals surface area contributed by atoms with Crippen LogP contribution in [0.15, 0.2) is 0 Å². The molecule has 3 aliphatic heterocycles. The highest BCUT2D eigenvalue weighted by Crippen LogP contribution is 2.38. The standard InChI is InChI=1S/C14H21F3N2O2.ClH/c15-14(16,17)13(21)3-4-19(8-13)12(20)7-9-5-10-1-2-11(6-9)18-10;/h9-11,18,21H,1-8H2;1H. The molecular weight excluding hydrogens is 321 g/mol. The van der Waals surface area contributed by atoms with E-state index in [2.05, 4.69) is 5.32 Å². The first-order valence-corrected chi connectivity index (χ1v) is 7.60. The van der Waals surface area contributed by atoms with E-state index >= 15 is 0 Å². The van der Waals surface area contributed by atoms with Crippen molar-refractivity contribution in [3.63, 3.8) is 0 Å². The van der Waals surface area contributed by atoms with E-state index in [9.17, 15) is 23.1 Å². The summed E-state index contributed by atoms with van der Waals surface area (Å²) in [6.45, 7) is -0.625. The Kier molecular flexibility index (Phi) is 5.00. The maximum atomic E-state index is 12.8. The van der Waals surface area contributed by atoms with E-state index in [1.54, 1.807) is 0 Å². The van der Waals surface area contributed by atoms with Crippen molar-refractivity contribution in [1.82, 2.24) is 10.2 Å². The second-order valence-electron chi connectivity index (χ2n) is 6.77. The van der Waals surface area contributed by atoms with Crippen molar-refractivity contribution in [1.29, 1.82) is 0 Å². The van der Waals surface area contributed by atoms with Gasteiger partial charge in [-0.15, -0.1) is 12.4 Å². The van der Waals surface area contributed by atoms with E-state index in [0.717, 1.165) is 25.7 Å². The molecular formula is C14H22ClF3N2O2. The van der Waals surface area contributed by atoms with Crippen LogP contribution in [0.3, 0.4) is 0 Å². The summed E-state index contributed by atoms with van der Waals surface area (Å²) in [6, 6.07) is 0.930. The highest BCUT2D eigenvalue weighted by atomic mass is 35.5. The Labute approximate surface area is 133 Å². The van der Waals surface area contributed by atoms with Crippen LogP contribution in [0.25, 0.3) is 0 Å². The lowest BCUT2D eigenvalue weighted by molar-refractivity contribution is -0.253. The number of β-amino-alcohol motifs (C(OH)–C–C–N with tert-alkyl or cyclic N) is 1. The van der Waals surface area contributed by atoms with Crippen LogP contribution in [0.4, 0.5) is 13.2 Å². The number of fused-ring (bicyclic) bond motifs is 2. The van der Waals surface area contributed by atoms with Gasteiger partial charge in [0.15, 0.2) is 5.60 Å². The molecule has 4 nitrogen and oxygen atoms in total. The van der Waals surface area contributed by atoms with Crippen molar-refractivity contribution in [2.24, 2.45) is 5.92 Å². The molecule has 3 aliphatic rings. The number of carbonyl (C=O) groups is 1. The number of hydrogen-bond acceptors (Lipinski definition) is 3. The summed E-state index contributed by atoms with van der Waals surface area (Å²) in [7, 11) is 0. The highest BCUT2D eigenvalue weighted by molar-refractivity contribution is 5.85. The molecule has 0 aliphatic carbocycles. The normalized spacial score (nSPS) is 38.0. The van der Waals surface area contributed by atoms with Crippen molar-refractivity contribution < 1.29 is 23.1 Å². The minimum absolute atomic E-state index is 0. The molecule has 1 amide bonds. The van der Waals surface area contributed by atoms with Crippen LogP contribution >= 0.6 is 12.4 Å². The van der Waals surface area contributed by atoms with E-state index in [4.69, 9.17) is 0 Å². The fourth-order valence-corrected chi connectivity index (χ4v) is 3.96. The van der Waals surface area contributed by atoms with Gasteiger partial charge in [-0.25, -0.2) is 0 Å². The van der Waals surface area contributed by atoms with Crippen molar-refractivity contribution >= 4 is 18.3 Å². The first-order valence-electron chi connectivity index (χ1n) is 7.60. The summed E-state index contributed by atoms with van der Waals surface area (Å²) in [5, 5.41) is 13.1. The molecule has 3 heterocycles. The van der Waals surface area contributed by atoms with E-state index < -0.39 is 24.7 Å². The Balaban J connectivity index is 0.00000176. The Morgan fingerprint density at radius 2 is 1.86 bits per heavy atom. The number of alkyl halides is 3. The molecule has 0 aromatic rings. The monoisotopic (exact) mass is 342 g/mol. The van der Waals surface area contributed by atoms with Crippen LogP contribution in [0.1, 0.15) is 38.5 Å². The van der Waals surface area contributed by atoms with Crippen molar-refractivity contribution in [2.45, 2.75) is 62.4 Å². The molecule has 128 valence electrons. The average molecular weight is 343 g/mol. The van der Waals surface area contributed by atoms with Crippen LogP contribution in [0, 0.1) is 5.92 Å². The third-order valence-corrected chi connectivity index (χ3v) is 5.16. The lowest BCUT2D eigenvalue weighted by atomic mass is 9.89. The number of rotatable bonds is 2. The van der Waals surface area contributed by atoms with Gasteiger partial charge in [0.1, 0.15) is 0 Å². The van der Waals surface area contributed by atoms with Crippen LogP contribution in [-0.2, 0) is 4.79 Å². The number of piperidine rings is 1. The van der Waals surface area contributed by atoms with Gasteiger partial charge in [-0.2, -0.15) is 13.2 Å². The predicted octanol–water partition coefficient (Wildman–Crippen LogP) is 1.85. The molecule has 3 atom stereocenters. The van der Waals surface area contributed by atoms with Gasteiger partial charge >= 0.3 is 6.18 Å². The first-order chi connectivity index (χ1) is 9.77. The maximum absolute atomic E-state index is 12.8. The van der Waals surface area contributed by atoms with Gasteiger partial charge < -0.3 is 15.3 Å². The SMILES string of the molecule is Cl.O=C(CC1CC2CCC(C1)N2)N1CCC(O)(C(F)(F)F)C1. The van der Waals surface area contributed by atoms with Crippen LogP contribution in [0.2, 0.25) is 0 Å². The fourth-order valence-electron chi connectivity index (χ4n) is 3.96. The van der Waals surface area contributed by atoms with Crippen molar-refractivity contribution in [3.05, 3.63) is 0 Å². The van der Waals surface area contributed by atoms with E-state index in [1.807, 2.05) is 0 Å². The van der Waals surface area contributed by atoms with Gasteiger partial charge in [0.2, 0.25) is 5.91 Å². The number of nitrogens with one attached hydrogen (secondary N) is 1. The Morgan fingerprint density at radius 1 is 1.27 bits per heavy atom. The number of aliphatic hydroxyl groups is 1. The Hall–Kier alpha value is -0.530. The molecule has 0 aromatic carbocycles. The molecule has 3 rings (SSSR count).